The molecule has 4 heteroatoms. The highest BCUT2D eigenvalue weighted by Crippen LogP contribution is 2.19. The summed E-state index contributed by atoms with van der Waals surface area (Å²) < 4.78 is 17.3. The van der Waals surface area contributed by atoms with E-state index in [1.807, 2.05) is 0 Å². The molecule has 0 bridgehead atoms. The number of halogens is 1. The number of carbonyl (C=O) groups is 1. The second-order valence-electron chi connectivity index (χ2n) is 3.39. The lowest BCUT2D eigenvalue weighted by Gasteiger charge is -2.13. The number of aryl methyl sites for hydroxylation is 1. The fraction of sp³-hybridized carbons (Fsp3) is 0.364. The SMILES string of the molecule is COC(=O)CC(N)c1ccc(F)cc1C. The Morgan fingerprint density at radius 1 is 1.60 bits per heavy atom. The van der Waals surface area contributed by atoms with E-state index in [1.54, 1.807) is 13.0 Å². The van der Waals surface area contributed by atoms with Crippen molar-refractivity contribution in [1.82, 2.24) is 0 Å². The minimum Gasteiger partial charge on any atom is -0.469 e. The molecule has 0 amide bonds. The molecule has 2 N–H and O–H groups in total. The smallest absolute Gasteiger partial charge is 0.307 e. The lowest BCUT2D eigenvalue weighted by atomic mass is 9.99. The van der Waals surface area contributed by atoms with Crippen LogP contribution < -0.4 is 5.73 Å². The van der Waals surface area contributed by atoms with E-state index < -0.39 is 6.04 Å². The van der Waals surface area contributed by atoms with Crippen molar-refractivity contribution in [3.05, 3.63) is 35.1 Å². The van der Waals surface area contributed by atoms with Crippen molar-refractivity contribution >= 4 is 5.97 Å². The van der Waals surface area contributed by atoms with E-state index in [-0.39, 0.29) is 18.2 Å². The van der Waals surface area contributed by atoms with Crippen LogP contribution in [0, 0.1) is 12.7 Å². The van der Waals surface area contributed by atoms with Gasteiger partial charge in [-0.1, -0.05) is 6.07 Å². The van der Waals surface area contributed by atoms with Crippen molar-refractivity contribution in [2.45, 2.75) is 19.4 Å². The Kier molecular flexibility index (Phi) is 3.80. The van der Waals surface area contributed by atoms with Gasteiger partial charge in [0.05, 0.1) is 13.5 Å². The first-order valence-corrected chi connectivity index (χ1v) is 4.63. The molecule has 15 heavy (non-hydrogen) atoms. The summed E-state index contributed by atoms with van der Waals surface area (Å²) in [6.45, 7) is 1.76. The molecule has 0 saturated carbocycles. The highest BCUT2D eigenvalue weighted by molar-refractivity contribution is 5.70. The van der Waals surface area contributed by atoms with Gasteiger partial charge in [-0.25, -0.2) is 4.39 Å². The molecule has 0 fully saturated rings. The Hall–Kier alpha value is -1.42. The number of ether oxygens (including phenoxy) is 1. The van der Waals surface area contributed by atoms with Crippen LogP contribution >= 0.6 is 0 Å². The maximum absolute atomic E-state index is 12.8. The number of esters is 1. The molecule has 0 spiro atoms. The number of hydrogen-bond donors (Lipinski definition) is 1. The number of methoxy groups -OCH3 is 1. The normalized spacial score (nSPS) is 12.3. The quantitative estimate of drug-likeness (QED) is 0.774. The van der Waals surface area contributed by atoms with Crippen LogP contribution in [0.3, 0.4) is 0 Å². The Bertz CT molecular complexity index is 366. The molecule has 1 aromatic carbocycles. The van der Waals surface area contributed by atoms with Crippen molar-refractivity contribution in [3.63, 3.8) is 0 Å². The van der Waals surface area contributed by atoms with Gasteiger partial charge in [-0.05, 0) is 30.2 Å². The van der Waals surface area contributed by atoms with Gasteiger partial charge >= 0.3 is 5.97 Å². The molecule has 0 radical (unpaired) electrons. The van der Waals surface area contributed by atoms with Crippen LogP contribution in [0.4, 0.5) is 4.39 Å². The van der Waals surface area contributed by atoms with E-state index in [0.717, 1.165) is 11.1 Å². The second-order valence-corrected chi connectivity index (χ2v) is 3.39. The van der Waals surface area contributed by atoms with E-state index in [9.17, 15) is 9.18 Å². The predicted octanol–water partition coefficient (Wildman–Crippen LogP) is 1.70. The average Bonchev–Trinajstić information content (AvgIpc) is 2.17. The predicted molar refractivity (Wildman–Crippen MR) is 54.7 cm³/mol. The topological polar surface area (TPSA) is 52.3 Å². The standard InChI is InChI=1S/C11H14FNO2/c1-7-5-8(12)3-4-9(7)10(13)6-11(14)15-2/h3-5,10H,6,13H2,1-2H3. The van der Waals surface area contributed by atoms with Crippen molar-refractivity contribution in [3.8, 4) is 0 Å². The summed E-state index contributed by atoms with van der Waals surface area (Å²) in [5.74, 6) is -0.673. The zero-order valence-electron chi connectivity index (χ0n) is 8.79. The summed E-state index contributed by atoms with van der Waals surface area (Å²) in [5, 5.41) is 0. The van der Waals surface area contributed by atoms with Crippen LogP contribution in [0.25, 0.3) is 0 Å². The van der Waals surface area contributed by atoms with Crippen molar-refractivity contribution in [2.75, 3.05) is 7.11 Å². The van der Waals surface area contributed by atoms with Crippen LogP contribution in [-0.4, -0.2) is 13.1 Å². The van der Waals surface area contributed by atoms with Crippen LogP contribution in [0.5, 0.6) is 0 Å². The molecular weight excluding hydrogens is 197 g/mol. The molecule has 0 heterocycles. The lowest BCUT2D eigenvalue weighted by Crippen LogP contribution is -2.17. The number of rotatable bonds is 3. The summed E-state index contributed by atoms with van der Waals surface area (Å²) in [6, 6.07) is 3.88. The van der Waals surface area contributed by atoms with Gasteiger partial charge in [0, 0.05) is 6.04 Å². The summed E-state index contributed by atoms with van der Waals surface area (Å²) in [4.78, 5) is 11.0. The van der Waals surface area contributed by atoms with Crippen molar-refractivity contribution in [1.29, 1.82) is 0 Å². The van der Waals surface area contributed by atoms with Gasteiger partial charge in [0.2, 0.25) is 0 Å². The number of benzene rings is 1. The molecule has 0 aliphatic rings. The van der Waals surface area contributed by atoms with E-state index >= 15 is 0 Å². The first-order chi connectivity index (χ1) is 7.04. The lowest BCUT2D eigenvalue weighted by molar-refractivity contribution is -0.141. The number of nitrogens with two attached hydrogens (primary N) is 1. The molecule has 0 aliphatic carbocycles. The maximum Gasteiger partial charge on any atom is 0.307 e. The summed E-state index contributed by atoms with van der Waals surface area (Å²) in [7, 11) is 1.31. The van der Waals surface area contributed by atoms with Gasteiger partial charge in [0.15, 0.2) is 0 Å². The van der Waals surface area contributed by atoms with Gasteiger partial charge in [-0.3, -0.25) is 4.79 Å². The molecule has 1 aromatic rings. The van der Waals surface area contributed by atoms with Crippen LogP contribution in [-0.2, 0) is 9.53 Å². The van der Waals surface area contributed by atoms with Gasteiger partial charge in [-0.15, -0.1) is 0 Å². The van der Waals surface area contributed by atoms with Crippen LogP contribution in [0.1, 0.15) is 23.6 Å². The zero-order valence-corrected chi connectivity index (χ0v) is 8.79. The number of hydrogen-bond acceptors (Lipinski definition) is 3. The number of carbonyl (C=O) groups excluding carboxylic acids is 1. The Morgan fingerprint density at radius 3 is 2.80 bits per heavy atom. The molecule has 1 rings (SSSR count). The first-order valence-electron chi connectivity index (χ1n) is 4.63. The third-order valence-corrected chi connectivity index (χ3v) is 2.25. The summed E-state index contributed by atoms with van der Waals surface area (Å²) in [5.41, 5.74) is 7.31. The van der Waals surface area contributed by atoms with Crippen molar-refractivity contribution < 1.29 is 13.9 Å². The molecule has 1 atom stereocenters. The zero-order chi connectivity index (χ0) is 11.4. The van der Waals surface area contributed by atoms with E-state index in [4.69, 9.17) is 5.73 Å². The van der Waals surface area contributed by atoms with Gasteiger partial charge in [0.25, 0.3) is 0 Å². The third-order valence-electron chi connectivity index (χ3n) is 2.25. The average molecular weight is 211 g/mol. The molecule has 3 nitrogen and oxygen atoms in total. The molecule has 82 valence electrons. The molecule has 0 saturated heterocycles. The molecule has 0 aliphatic heterocycles. The summed E-state index contributed by atoms with van der Waals surface area (Å²) in [6.07, 6.45) is 0.100. The third kappa shape index (κ3) is 3.02. The summed E-state index contributed by atoms with van der Waals surface area (Å²) >= 11 is 0. The van der Waals surface area contributed by atoms with Crippen LogP contribution in [0.2, 0.25) is 0 Å². The highest BCUT2D eigenvalue weighted by atomic mass is 19.1. The fourth-order valence-electron chi connectivity index (χ4n) is 1.43. The Labute approximate surface area is 88.0 Å². The Morgan fingerprint density at radius 2 is 2.27 bits per heavy atom. The van der Waals surface area contributed by atoms with Gasteiger partial charge in [-0.2, -0.15) is 0 Å². The van der Waals surface area contributed by atoms with Crippen LogP contribution in [0.15, 0.2) is 18.2 Å². The molecule has 0 aromatic heterocycles. The minimum absolute atomic E-state index is 0.100. The van der Waals surface area contributed by atoms with Crippen molar-refractivity contribution in [2.24, 2.45) is 5.73 Å². The molecule has 1 unspecified atom stereocenters. The van der Waals surface area contributed by atoms with Gasteiger partial charge < -0.3 is 10.5 Å². The second kappa shape index (κ2) is 4.89. The van der Waals surface area contributed by atoms with Gasteiger partial charge in [0.1, 0.15) is 5.82 Å². The largest absolute Gasteiger partial charge is 0.469 e. The highest BCUT2D eigenvalue weighted by Gasteiger charge is 2.13. The van der Waals surface area contributed by atoms with E-state index in [1.165, 1.54) is 19.2 Å². The molecular formula is C11H14FNO2. The Balaban J connectivity index is 2.82. The maximum atomic E-state index is 12.8. The minimum atomic E-state index is -0.446. The first kappa shape index (κ1) is 11.7. The fourth-order valence-corrected chi connectivity index (χ4v) is 1.43. The van der Waals surface area contributed by atoms with E-state index in [2.05, 4.69) is 4.74 Å². The monoisotopic (exact) mass is 211 g/mol. The van der Waals surface area contributed by atoms with E-state index in [0.29, 0.717) is 0 Å².